The molecular weight excluding hydrogens is 349 g/mol. The number of nitrogens with one attached hydrogen (secondary N) is 3. The van der Waals surface area contributed by atoms with Crippen molar-refractivity contribution in [3.05, 3.63) is 71.5 Å². The molecule has 0 saturated carbocycles. The maximum Gasteiger partial charge on any atom is 0.322 e. The molecule has 3 N–H and O–H groups in total. The molecule has 1 aliphatic rings. The quantitative estimate of drug-likeness (QED) is 0.653. The third-order valence-corrected chi connectivity index (χ3v) is 4.61. The van der Waals surface area contributed by atoms with Gasteiger partial charge in [0, 0.05) is 13.0 Å². The molecule has 1 fully saturated rings. The standard InChI is InChI=1S/C20H20FN3O3/c21-16-9-5-4-6-14(16)11-13-22-17(25)10-12-20(15-7-2-1-3-8-15)18(26)23-19(27)24-20/h1-9H,10-13H2,(H,22,25)(H2,23,24,26,27). The van der Waals surface area contributed by atoms with Gasteiger partial charge in [-0.05, 0) is 30.0 Å². The summed E-state index contributed by atoms with van der Waals surface area (Å²) in [4.78, 5) is 36.2. The van der Waals surface area contributed by atoms with Gasteiger partial charge in [-0.3, -0.25) is 14.9 Å². The van der Waals surface area contributed by atoms with Crippen LogP contribution in [0.2, 0.25) is 0 Å². The minimum absolute atomic E-state index is 0.0415. The highest BCUT2D eigenvalue weighted by molar-refractivity contribution is 6.07. The fourth-order valence-electron chi connectivity index (χ4n) is 3.17. The van der Waals surface area contributed by atoms with Crippen LogP contribution in [0.3, 0.4) is 0 Å². The normalized spacial score (nSPS) is 18.7. The highest BCUT2D eigenvalue weighted by Gasteiger charge is 2.47. The van der Waals surface area contributed by atoms with Crippen LogP contribution >= 0.6 is 0 Å². The lowest BCUT2D eigenvalue weighted by Crippen LogP contribution is -2.44. The number of urea groups is 1. The van der Waals surface area contributed by atoms with Gasteiger partial charge in [-0.2, -0.15) is 0 Å². The van der Waals surface area contributed by atoms with Crippen molar-refractivity contribution < 1.29 is 18.8 Å². The number of hydrogen-bond donors (Lipinski definition) is 3. The largest absolute Gasteiger partial charge is 0.356 e. The first-order valence-corrected chi connectivity index (χ1v) is 8.70. The van der Waals surface area contributed by atoms with E-state index in [0.29, 0.717) is 17.5 Å². The lowest BCUT2D eigenvalue weighted by atomic mass is 9.85. The molecule has 1 atom stereocenters. The van der Waals surface area contributed by atoms with Gasteiger partial charge in [0.15, 0.2) is 0 Å². The molecule has 140 valence electrons. The van der Waals surface area contributed by atoms with Gasteiger partial charge in [-0.15, -0.1) is 0 Å². The molecule has 1 unspecified atom stereocenters. The van der Waals surface area contributed by atoms with E-state index in [1.165, 1.54) is 6.07 Å². The zero-order valence-corrected chi connectivity index (χ0v) is 14.6. The Morgan fingerprint density at radius 1 is 1.04 bits per heavy atom. The van der Waals surface area contributed by atoms with E-state index in [1.54, 1.807) is 48.5 Å². The van der Waals surface area contributed by atoms with Crippen LogP contribution in [0.4, 0.5) is 9.18 Å². The Labute approximate surface area is 156 Å². The highest BCUT2D eigenvalue weighted by atomic mass is 19.1. The molecule has 27 heavy (non-hydrogen) atoms. The molecule has 0 aromatic heterocycles. The summed E-state index contributed by atoms with van der Waals surface area (Å²) in [5, 5.41) is 7.61. The van der Waals surface area contributed by atoms with Crippen LogP contribution in [-0.2, 0) is 21.5 Å². The van der Waals surface area contributed by atoms with Gasteiger partial charge < -0.3 is 10.6 Å². The van der Waals surface area contributed by atoms with Crippen molar-refractivity contribution in [1.29, 1.82) is 0 Å². The van der Waals surface area contributed by atoms with Gasteiger partial charge in [-0.25, -0.2) is 9.18 Å². The van der Waals surface area contributed by atoms with Crippen molar-refractivity contribution in [2.45, 2.75) is 24.8 Å². The second-order valence-electron chi connectivity index (χ2n) is 6.37. The van der Waals surface area contributed by atoms with Gasteiger partial charge in [0.25, 0.3) is 5.91 Å². The topological polar surface area (TPSA) is 87.3 Å². The average Bonchev–Trinajstić information content (AvgIpc) is 2.97. The molecule has 3 rings (SSSR count). The minimum Gasteiger partial charge on any atom is -0.356 e. The number of halogens is 1. The first kappa shape index (κ1) is 18.6. The number of hydrogen-bond acceptors (Lipinski definition) is 3. The third kappa shape index (κ3) is 4.13. The third-order valence-electron chi connectivity index (χ3n) is 4.61. The van der Waals surface area contributed by atoms with Crippen LogP contribution in [0.15, 0.2) is 54.6 Å². The van der Waals surface area contributed by atoms with Crippen molar-refractivity contribution in [3.8, 4) is 0 Å². The number of benzene rings is 2. The lowest BCUT2D eigenvalue weighted by Gasteiger charge is -2.26. The van der Waals surface area contributed by atoms with Crippen molar-refractivity contribution >= 4 is 17.8 Å². The van der Waals surface area contributed by atoms with Gasteiger partial charge in [-0.1, -0.05) is 48.5 Å². The van der Waals surface area contributed by atoms with E-state index >= 15 is 0 Å². The van der Waals surface area contributed by atoms with Crippen LogP contribution in [0.25, 0.3) is 0 Å². The first-order chi connectivity index (χ1) is 13.0. The number of amides is 4. The monoisotopic (exact) mass is 369 g/mol. The Hall–Kier alpha value is -3.22. The molecule has 2 aromatic carbocycles. The van der Waals surface area contributed by atoms with Gasteiger partial charge in [0.05, 0.1) is 0 Å². The second-order valence-corrected chi connectivity index (χ2v) is 6.37. The molecule has 1 saturated heterocycles. The number of rotatable bonds is 7. The maximum absolute atomic E-state index is 13.6. The lowest BCUT2D eigenvalue weighted by molar-refractivity contribution is -0.125. The number of carbonyl (C=O) groups excluding carboxylic acids is 3. The SMILES string of the molecule is O=C(CCC1(c2ccccc2)NC(=O)NC1=O)NCCc1ccccc1F. The molecule has 4 amide bonds. The molecule has 0 aliphatic carbocycles. The van der Waals surface area contributed by atoms with Crippen molar-refractivity contribution in [2.75, 3.05) is 6.54 Å². The van der Waals surface area contributed by atoms with Crippen molar-refractivity contribution in [3.63, 3.8) is 0 Å². The fourth-order valence-corrected chi connectivity index (χ4v) is 3.17. The summed E-state index contributed by atoms with van der Waals surface area (Å²) in [6, 6.07) is 14.6. The van der Waals surface area contributed by atoms with E-state index < -0.39 is 17.5 Å². The van der Waals surface area contributed by atoms with E-state index in [-0.39, 0.29) is 31.1 Å². The summed E-state index contributed by atoms with van der Waals surface area (Å²) in [7, 11) is 0. The molecule has 1 heterocycles. The number of carbonyl (C=O) groups is 3. The van der Waals surface area contributed by atoms with Crippen LogP contribution in [-0.4, -0.2) is 24.4 Å². The highest BCUT2D eigenvalue weighted by Crippen LogP contribution is 2.29. The maximum atomic E-state index is 13.6. The summed E-state index contributed by atoms with van der Waals surface area (Å²) in [5.41, 5.74) is -0.116. The Kier molecular flexibility index (Phi) is 5.49. The van der Waals surface area contributed by atoms with E-state index in [4.69, 9.17) is 0 Å². The van der Waals surface area contributed by atoms with E-state index in [1.807, 2.05) is 0 Å². The van der Waals surface area contributed by atoms with Gasteiger partial charge >= 0.3 is 6.03 Å². The smallest absolute Gasteiger partial charge is 0.322 e. The van der Waals surface area contributed by atoms with E-state index in [9.17, 15) is 18.8 Å². The van der Waals surface area contributed by atoms with Gasteiger partial charge in [0.1, 0.15) is 11.4 Å². The summed E-state index contributed by atoms with van der Waals surface area (Å²) in [6.45, 7) is 0.288. The molecule has 0 radical (unpaired) electrons. The van der Waals surface area contributed by atoms with Crippen LogP contribution in [0, 0.1) is 5.82 Å². The summed E-state index contributed by atoms with van der Waals surface area (Å²) in [5.74, 6) is -1.05. The molecule has 2 aromatic rings. The first-order valence-electron chi connectivity index (χ1n) is 8.70. The van der Waals surface area contributed by atoms with Crippen LogP contribution < -0.4 is 16.0 Å². The summed E-state index contributed by atoms with van der Waals surface area (Å²) >= 11 is 0. The predicted molar refractivity (Wildman–Crippen MR) is 97.1 cm³/mol. The average molecular weight is 369 g/mol. The summed E-state index contributed by atoms with van der Waals surface area (Å²) in [6.07, 6.45) is 0.541. The fraction of sp³-hybridized carbons (Fsp3) is 0.250. The Morgan fingerprint density at radius 3 is 2.41 bits per heavy atom. The van der Waals surface area contributed by atoms with Crippen LogP contribution in [0.5, 0.6) is 0 Å². The van der Waals surface area contributed by atoms with Crippen LogP contribution in [0.1, 0.15) is 24.0 Å². The zero-order chi connectivity index (χ0) is 19.3. The van der Waals surface area contributed by atoms with Crippen molar-refractivity contribution in [2.24, 2.45) is 0 Å². The second kappa shape index (κ2) is 7.99. The Morgan fingerprint density at radius 2 is 1.74 bits per heavy atom. The summed E-state index contributed by atoms with van der Waals surface area (Å²) < 4.78 is 13.6. The molecule has 6 nitrogen and oxygen atoms in total. The predicted octanol–water partition coefficient (Wildman–Crippen LogP) is 2.00. The van der Waals surface area contributed by atoms with E-state index in [0.717, 1.165) is 0 Å². The Balaban J connectivity index is 1.59. The zero-order valence-electron chi connectivity index (χ0n) is 14.6. The van der Waals surface area contributed by atoms with Gasteiger partial charge in [0.2, 0.25) is 5.91 Å². The number of imide groups is 1. The van der Waals surface area contributed by atoms with E-state index in [2.05, 4.69) is 16.0 Å². The molecular formula is C20H20FN3O3. The van der Waals surface area contributed by atoms with Crippen molar-refractivity contribution in [1.82, 2.24) is 16.0 Å². The molecule has 7 heteroatoms. The molecule has 1 aliphatic heterocycles. The molecule has 0 spiro atoms. The minimum atomic E-state index is -1.26. The molecule has 0 bridgehead atoms. The Bertz CT molecular complexity index is 857.